The molecule has 0 atom stereocenters. The first-order chi connectivity index (χ1) is 6.74. The fourth-order valence-electron chi connectivity index (χ4n) is 1.12. The molecule has 0 aliphatic carbocycles. The maximum atomic E-state index is 11.1. The lowest BCUT2D eigenvalue weighted by Crippen LogP contribution is -2.17. The Bertz CT molecular complexity index is 249. The summed E-state index contributed by atoms with van der Waals surface area (Å²) in [4.78, 5) is 23.3. The van der Waals surface area contributed by atoms with Crippen LogP contribution < -0.4 is 0 Å². The Morgan fingerprint density at radius 3 is 3.00 bits per heavy atom. The van der Waals surface area contributed by atoms with E-state index < -0.39 is 5.97 Å². The summed E-state index contributed by atoms with van der Waals surface area (Å²) >= 11 is 0. The average Bonchev–Trinajstić information content (AvgIpc) is 2.58. The van der Waals surface area contributed by atoms with Gasteiger partial charge < -0.3 is 14.4 Å². The van der Waals surface area contributed by atoms with Gasteiger partial charge in [-0.2, -0.15) is 0 Å². The number of carbonyl (C=O) groups excluding carboxylic acids is 2. The fourth-order valence-corrected chi connectivity index (χ4v) is 1.12. The number of hydrogen-bond acceptors (Lipinski definition) is 4. The van der Waals surface area contributed by atoms with Crippen LogP contribution in [0.5, 0.6) is 0 Å². The van der Waals surface area contributed by atoms with Crippen molar-refractivity contribution in [3.8, 4) is 0 Å². The predicted octanol–water partition coefficient (Wildman–Crippen LogP) is 0.270. The third-order valence-corrected chi connectivity index (χ3v) is 1.88. The Labute approximate surface area is 82.3 Å². The monoisotopic (exact) mass is 199 g/mol. The molecule has 5 nitrogen and oxygen atoms in total. The number of likely N-dealkylation sites (tertiary alicyclic amines) is 1. The molecule has 1 rings (SSSR count). The number of rotatable bonds is 4. The summed E-state index contributed by atoms with van der Waals surface area (Å²) in [5.74, 6) is -0.356. The van der Waals surface area contributed by atoms with Crippen molar-refractivity contribution in [3.05, 3.63) is 12.5 Å². The smallest absolute Gasteiger partial charge is 0.343 e. The SMILES string of the molecule is COC(=O)COC=CN1CCCC1=O. The van der Waals surface area contributed by atoms with Gasteiger partial charge in [-0.25, -0.2) is 4.79 Å². The van der Waals surface area contributed by atoms with Crippen LogP contribution in [0.2, 0.25) is 0 Å². The fraction of sp³-hybridized carbons (Fsp3) is 0.556. The van der Waals surface area contributed by atoms with Crippen molar-refractivity contribution < 1.29 is 19.1 Å². The molecule has 0 N–H and O–H groups in total. The normalized spacial score (nSPS) is 16.4. The molecule has 0 bridgehead atoms. The third-order valence-electron chi connectivity index (χ3n) is 1.88. The van der Waals surface area contributed by atoms with Gasteiger partial charge in [-0.15, -0.1) is 0 Å². The zero-order valence-corrected chi connectivity index (χ0v) is 8.06. The van der Waals surface area contributed by atoms with Crippen molar-refractivity contribution in [2.45, 2.75) is 12.8 Å². The van der Waals surface area contributed by atoms with E-state index in [0.717, 1.165) is 13.0 Å². The van der Waals surface area contributed by atoms with Crippen LogP contribution in [0.25, 0.3) is 0 Å². The topological polar surface area (TPSA) is 55.8 Å². The Hall–Kier alpha value is -1.52. The molecule has 1 aliphatic rings. The first kappa shape index (κ1) is 10.6. The summed E-state index contributed by atoms with van der Waals surface area (Å²) in [7, 11) is 1.29. The maximum absolute atomic E-state index is 11.1. The van der Waals surface area contributed by atoms with Crippen molar-refractivity contribution in [2.24, 2.45) is 0 Å². The molecule has 78 valence electrons. The Morgan fingerprint density at radius 2 is 2.43 bits per heavy atom. The van der Waals surface area contributed by atoms with Gasteiger partial charge in [0, 0.05) is 19.2 Å². The second kappa shape index (κ2) is 5.26. The highest BCUT2D eigenvalue weighted by molar-refractivity contribution is 5.79. The van der Waals surface area contributed by atoms with Crippen LogP contribution in [0, 0.1) is 0 Å². The number of esters is 1. The number of methoxy groups -OCH3 is 1. The quantitative estimate of drug-likeness (QED) is 0.481. The van der Waals surface area contributed by atoms with Crippen molar-refractivity contribution >= 4 is 11.9 Å². The molecule has 0 unspecified atom stereocenters. The van der Waals surface area contributed by atoms with Gasteiger partial charge in [-0.3, -0.25) is 4.79 Å². The van der Waals surface area contributed by atoms with Gasteiger partial charge in [0.05, 0.1) is 7.11 Å². The van der Waals surface area contributed by atoms with Gasteiger partial charge in [0.1, 0.15) is 6.26 Å². The van der Waals surface area contributed by atoms with Gasteiger partial charge in [-0.1, -0.05) is 0 Å². The van der Waals surface area contributed by atoms with E-state index >= 15 is 0 Å². The van der Waals surface area contributed by atoms with E-state index in [4.69, 9.17) is 4.74 Å². The minimum Gasteiger partial charge on any atom is -0.488 e. The standard InChI is InChI=1S/C9H13NO4/c1-13-9(12)7-14-6-5-10-4-2-3-8(10)11/h5-6H,2-4,7H2,1H3. The van der Waals surface area contributed by atoms with Crippen LogP contribution in [-0.2, 0) is 19.1 Å². The van der Waals surface area contributed by atoms with Gasteiger partial charge in [-0.05, 0) is 6.42 Å². The zero-order chi connectivity index (χ0) is 10.4. The molecule has 1 heterocycles. The van der Waals surface area contributed by atoms with Crippen LogP contribution in [0.15, 0.2) is 12.5 Å². The lowest BCUT2D eigenvalue weighted by atomic mass is 10.4. The molecule has 14 heavy (non-hydrogen) atoms. The van der Waals surface area contributed by atoms with E-state index in [-0.39, 0.29) is 12.5 Å². The van der Waals surface area contributed by atoms with Crippen molar-refractivity contribution in [3.63, 3.8) is 0 Å². The number of ether oxygens (including phenoxy) is 2. The first-order valence-electron chi connectivity index (χ1n) is 4.38. The van der Waals surface area contributed by atoms with Gasteiger partial charge in [0.15, 0.2) is 6.61 Å². The molecule has 0 aromatic heterocycles. The predicted molar refractivity (Wildman–Crippen MR) is 48.1 cm³/mol. The Morgan fingerprint density at radius 1 is 1.64 bits per heavy atom. The average molecular weight is 199 g/mol. The molecule has 5 heteroatoms. The molecule has 1 amide bonds. The highest BCUT2D eigenvalue weighted by Gasteiger charge is 2.17. The van der Waals surface area contributed by atoms with Gasteiger partial charge in [0.25, 0.3) is 0 Å². The number of hydrogen-bond donors (Lipinski definition) is 0. The summed E-state index contributed by atoms with van der Waals surface area (Å²) < 4.78 is 9.21. The molecule has 0 radical (unpaired) electrons. The number of carbonyl (C=O) groups is 2. The molecule has 1 saturated heterocycles. The molecule has 1 aliphatic heterocycles. The summed E-state index contributed by atoms with van der Waals surface area (Å²) in [6, 6.07) is 0. The number of amides is 1. The first-order valence-corrected chi connectivity index (χ1v) is 4.38. The highest BCUT2D eigenvalue weighted by atomic mass is 16.6. The lowest BCUT2D eigenvalue weighted by Gasteiger charge is -2.07. The largest absolute Gasteiger partial charge is 0.488 e. The van der Waals surface area contributed by atoms with Crippen molar-refractivity contribution in [1.82, 2.24) is 4.90 Å². The molecular formula is C9H13NO4. The van der Waals surface area contributed by atoms with E-state index in [1.54, 1.807) is 4.90 Å². The summed E-state index contributed by atoms with van der Waals surface area (Å²) in [6.07, 6.45) is 4.33. The maximum Gasteiger partial charge on any atom is 0.343 e. The Balaban J connectivity index is 2.20. The van der Waals surface area contributed by atoms with Gasteiger partial charge >= 0.3 is 5.97 Å². The van der Waals surface area contributed by atoms with Crippen LogP contribution in [0.4, 0.5) is 0 Å². The van der Waals surface area contributed by atoms with Crippen molar-refractivity contribution in [1.29, 1.82) is 0 Å². The van der Waals surface area contributed by atoms with E-state index in [9.17, 15) is 9.59 Å². The second-order valence-corrected chi connectivity index (χ2v) is 2.86. The number of nitrogens with zero attached hydrogens (tertiary/aromatic N) is 1. The van der Waals surface area contributed by atoms with E-state index in [0.29, 0.717) is 6.42 Å². The van der Waals surface area contributed by atoms with Gasteiger partial charge in [0.2, 0.25) is 5.91 Å². The lowest BCUT2D eigenvalue weighted by molar-refractivity contribution is -0.144. The highest BCUT2D eigenvalue weighted by Crippen LogP contribution is 2.09. The summed E-state index contributed by atoms with van der Waals surface area (Å²) in [5, 5.41) is 0. The second-order valence-electron chi connectivity index (χ2n) is 2.86. The molecule has 0 spiro atoms. The Kier molecular flexibility index (Phi) is 3.97. The van der Waals surface area contributed by atoms with Crippen molar-refractivity contribution in [2.75, 3.05) is 20.3 Å². The molecule has 0 aromatic carbocycles. The molecule has 0 aromatic rings. The van der Waals surface area contributed by atoms with Crippen LogP contribution >= 0.6 is 0 Å². The molecular weight excluding hydrogens is 186 g/mol. The third kappa shape index (κ3) is 3.08. The summed E-state index contributed by atoms with van der Waals surface area (Å²) in [6.45, 7) is 0.589. The van der Waals surface area contributed by atoms with Crippen LogP contribution in [0.3, 0.4) is 0 Å². The van der Waals surface area contributed by atoms with Crippen LogP contribution in [0.1, 0.15) is 12.8 Å². The zero-order valence-electron chi connectivity index (χ0n) is 8.06. The van der Waals surface area contributed by atoms with E-state index in [1.165, 1.54) is 19.6 Å². The minimum atomic E-state index is -0.442. The molecule has 1 fully saturated rings. The molecule has 0 saturated carbocycles. The van der Waals surface area contributed by atoms with Crippen LogP contribution in [-0.4, -0.2) is 37.0 Å². The minimum absolute atomic E-state index is 0.0860. The van der Waals surface area contributed by atoms with E-state index in [1.807, 2.05) is 0 Å². The van der Waals surface area contributed by atoms with E-state index in [2.05, 4.69) is 4.74 Å². The summed E-state index contributed by atoms with van der Waals surface area (Å²) in [5.41, 5.74) is 0.